The summed E-state index contributed by atoms with van der Waals surface area (Å²) in [6.07, 6.45) is 8.36. The SMILES string of the molecule is CC(C)(C)CC=CCN1C(C)(C)C=C(O)CC1(C)C. The molecule has 0 aromatic heterocycles. The maximum Gasteiger partial charge on any atom is 0.0919 e. The summed E-state index contributed by atoms with van der Waals surface area (Å²) in [4.78, 5) is 2.46. The normalized spacial score (nSPS) is 23.6. The second-order valence-electron chi connectivity index (χ2n) is 8.13. The van der Waals surface area contributed by atoms with Crippen LogP contribution in [0.2, 0.25) is 0 Å². The Balaban J connectivity index is 2.75. The first-order valence-electron chi connectivity index (χ1n) is 7.27. The molecule has 2 nitrogen and oxygen atoms in total. The highest BCUT2D eigenvalue weighted by Crippen LogP contribution is 2.36. The molecule has 0 unspecified atom stereocenters. The smallest absolute Gasteiger partial charge is 0.0919 e. The highest BCUT2D eigenvalue weighted by molar-refractivity contribution is 5.17. The van der Waals surface area contributed by atoms with Gasteiger partial charge in [0.2, 0.25) is 0 Å². The molecule has 0 aromatic rings. The van der Waals surface area contributed by atoms with Gasteiger partial charge in [-0.25, -0.2) is 0 Å². The lowest BCUT2D eigenvalue weighted by Crippen LogP contribution is -2.57. The standard InChI is InChI=1S/C17H31NO/c1-15(2,3)10-8-9-11-18-16(4,5)12-14(19)13-17(18,6)7/h8-9,12,19H,10-11,13H2,1-7H3. The van der Waals surface area contributed by atoms with E-state index in [4.69, 9.17) is 0 Å². The largest absolute Gasteiger partial charge is 0.513 e. The number of hydrogen-bond acceptors (Lipinski definition) is 2. The van der Waals surface area contributed by atoms with Crippen molar-refractivity contribution in [2.24, 2.45) is 5.41 Å². The van der Waals surface area contributed by atoms with E-state index in [0.717, 1.165) is 19.4 Å². The topological polar surface area (TPSA) is 23.5 Å². The lowest BCUT2D eigenvalue weighted by atomic mass is 9.84. The quantitative estimate of drug-likeness (QED) is 0.749. The van der Waals surface area contributed by atoms with Crippen LogP contribution < -0.4 is 0 Å². The Kier molecular flexibility index (Phi) is 4.56. The van der Waals surface area contributed by atoms with Crippen LogP contribution in [0.3, 0.4) is 0 Å². The molecule has 0 aliphatic carbocycles. The molecule has 0 spiro atoms. The summed E-state index contributed by atoms with van der Waals surface area (Å²) >= 11 is 0. The summed E-state index contributed by atoms with van der Waals surface area (Å²) in [5.74, 6) is 0.518. The summed E-state index contributed by atoms with van der Waals surface area (Å²) in [5, 5.41) is 9.89. The van der Waals surface area contributed by atoms with E-state index in [1.165, 1.54) is 0 Å². The number of aliphatic hydroxyl groups is 1. The second-order valence-corrected chi connectivity index (χ2v) is 8.13. The van der Waals surface area contributed by atoms with Crippen LogP contribution in [0, 0.1) is 5.41 Å². The fourth-order valence-corrected chi connectivity index (χ4v) is 2.95. The van der Waals surface area contributed by atoms with E-state index in [9.17, 15) is 5.11 Å². The maximum atomic E-state index is 9.89. The van der Waals surface area contributed by atoms with Gasteiger partial charge in [-0.1, -0.05) is 32.9 Å². The average Bonchev–Trinajstić information content (AvgIpc) is 2.10. The molecule has 0 radical (unpaired) electrons. The van der Waals surface area contributed by atoms with Crippen molar-refractivity contribution in [1.82, 2.24) is 4.90 Å². The van der Waals surface area contributed by atoms with E-state index in [1.807, 2.05) is 6.08 Å². The molecule has 1 rings (SSSR count). The lowest BCUT2D eigenvalue weighted by Gasteiger charge is -2.50. The third-order valence-corrected chi connectivity index (χ3v) is 3.74. The Morgan fingerprint density at radius 3 is 2.26 bits per heavy atom. The van der Waals surface area contributed by atoms with Crippen LogP contribution in [-0.2, 0) is 0 Å². The van der Waals surface area contributed by atoms with E-state index in [-0.39, 0.29) is 11.1 Å². The van der Waals surface area contributed by atoms with Crippen LogP contribution in [0.4, 0.5) is 0 Å². The molecule has 0 atom stereocenters. The zero-order chi connectivity index (χ0) is 14.9. The van der Waals surface area contributed by atoms with Gasteiger partial charge in [-0.15, -0.1) is 0 Å². The first-order chi connectivity index (χ1) is 8.44. The Morgan fingerprint density at radius 1 is 1.21 bits per heavy atom. The van der Waals surface area contributed by atoms with Crippen molar-refractivity contribution in [3.8, 4) is 0 Å². The van der Waals surface area contributed by atoms with Crippen LogP contribution in [0.1, 0.15) is 61.3 Å². The average molecular weight is 265 g/mol. The number of allylic oxidation sites excluding steroid dienone is 1. The van der Waals surface area contributed by atoms with E-state index < -0.39 is 0 Å². The minimum absolute atomic E-state index is 0.00555. The molecule has 0 saturated carbocycles. The van der Waals surface area contributed by atoms with Crippen LogP contribution in [-0.4, -0.2) is 27.6 Å². The molecule has 0 aromatic carbocycles. The van der Waals surface area contributed by atoms with Crippen molar-refractivity contribution < 1.29 is 5.11 Å². The summed E-state index contributed by atoms with van der Waals surface area (Å²) in [6.45, 7) is 16.4. The predicted molar refractivity (Wildman–Crippen MR) is 83.4 cm³/mol. The highest BCUT2D eigenvalue weighted by Gasteiger charge is 2.40. The molecule has 110 valence electrons. The molecule has 19 heavy (non-hydrogen) atoms. The molecule has 0 bridgehead atoms. The molecule has 1 aliphatic rings. The summed E-state index contributed by atoms with van der Waals surface area (Å²) < 4.78 is 0. The Morgan fingerprint density at radius 2 is 1.79 bits per heavy atom. The fourth-order valence-electron chi connectivity index (χ4n) is 2.95. The fraction of sp³-hybridized carbons (Fsp3) is 0.765. The van der Waals surface area contributed by atoms with Crippen molar-refractivity contribution in [3.05, 3.63) is 24.0 Å². The number of rotatable bonds is 3. The van der Waals surface area contributed by atoms with Gasteiger partial charge >= 0.3 is 0 Å². The van der Waals surface area contributed by atoms with Crippen molar-refractivity contribution in [1.29, 1.82) is 0 Å². The van der Waals surface area contributed by atoms with E-state index in [2.05, 4.69) is 65.5 Å². The minimum atomic E-state index is -0.0993. The molecule has 1 aliphatic heterocycles. The highest BCUT2D eigenvalue weighted by atomic mass is 16.3. The third-order valence-electron chi connectivity index (χ3n) is 3.74. The van der Waals surface area contributed by atoms with Crippen molar-refractivity contribution in [3.63, 3.8) is 0 Å². The first-order valence-corrected chi connectivity index (χ1v) is 7.27. The van der Waals surface area contributed by atoms with Crippen LogP contribution >= 0.6 is 0 Å². The monoisotopic (exact) mass is 265 g/mol. The predicted octanol–water partition coefficient (Wildman–Crippen LogP) is 4.68. The van der Waals surface area contributed by atoms with Gasteiger partial charge in [-0.05, 0) is 45.6 Å². The zero-order valence-electron chi connectivity index (χ0n) is 13.7. The van der Waals surface area contributed by atoms with Crippen molar-refractivity contribution >= 4 is 0 Å². The molecular weight excluding hydrogens is 234 g/mol. The number of nitrogens with zero attached hydrogens (tertiary/aromatic N) is 1. The van der Waals surface area contributed by atoms with E-state index in [1.54, 1.807) is 0 Å². The Bertz CT molecular complexity index is 369. The number of aliphatic hydroxyl groups excluding tert-OH is 1. The van der Waals surface area contributed by atoms with Gasteiger partial charge in [0.1, 0.15) is 0 Å². The minimum Gasteiger partial charge on any atom is -0.513 e. The van der Waals surface area contributed by atoms with Gasteiger partial charge in [0.05, 0.1) is 5.76 Å². The first kappa shape index (κ1) is 16.3. The Labute approximate surface area is 119 Å². The zero-order valence-corrected chi connectivity index (χ0v) is 13.7. The van der Waals surface area contributed by atoms with Crippen LogP contribution in [0.15, 0.2) is 24.0 Å². The second kappa shape index (κ2) is 5.32. The lowest BCUT2D eigenvalue weighted by molar-refractivity contribution is 0.0310. The van der Waals surface area contributed by atoms with E-state index in [0.29, 0.717) is 11.2 Å². The molecule has 2 heteroatoms. The van der Waals surface area contributed by atoms with Gasteiger partial charge in [0.25, 0.3) is 0 Å². The molecular formula is C17H31NO. The molecule has 0 amide bonds. The Hall–Kier alpha value is -0.760. The molecule has 0 fully saturated rings. The number of hydrogen-bond donors (Lipinski definition) is 1. The van der Waals surface area contributed by atoms with Gasteiger partial charge in [0.15, 0.2) is 0 Å². The molecule has 1 N–H and O–H groups in total. The molecule has 0 saturated heterocycles. The van der Waals surface area contributed by atoms with Crippen LogP contribution in [0.25, 0.3) is 0 Å². The molecule has 1 heterocycles. The van der Waals surface area contributed by atoms with Gasteiger partial charge < -0.3 is 5.11 Å². The summed E-state index contributed by atoms with van der Waals surface area (Å²) in [6, 6.07) is 0. The van der Waals surface area contributed by atoms with Crippen molar-refractivity contribution in [2.75, 3.05) is 6.54 Å². The van der Waals surface area contributed by atoms with Gasteiger partial charge in [-0.3, -0.25) is 4.90 Å². The van der Waals surface area contributed by atoms with Gasteiger partial charge in [0, 0.05) is 24.0 Å². The van der Waals surface area contributed by atoms with Crippen molar-refractivity contribution in [2.45, 2.75) is 72.4 Å². The van der Waals surface area contributed by atoms with E-state index >= 15 is 0 Å². The summed E-state index contributed by atoms with van der Waals surface area (Å²) in [5.41, 5.74) is 0.244. The third kappa shape index (κ3) is 4.68. The maximum absolute atomic E-state index is 9.89. The summed E-state index contributed by atoms with van der Waals surface area (Å²) in [7, 11) is 0. The van der Waals surface area contributed by atoms with Crippen LogP contribution in [0.5, 0.6) is 0 Å². The van der Waals surface area contributed by atoms with Gasteiger partial charge in [-0.2, -0.15) is 0 Å².